The van der Waals surface area contributed by atoms with Gasteiger partial charge >= 0.3 is 0 Å². The van der Waals surface area contributed by atoms with Crippen molar-refractivity contribution in [1.82, 2.24) is 15.1 Å². The molecular weight excluding hydrogens is 294 g/mol. The van der Waals surface area contributed by atoms with Crippen LogP contribution in [0.25, 0.3) is 0 Å². The van der Waals surface area contributed by atoms with Crippen LogP contribution in [0.4, 0.5) is 0 Å². The third-order valence-corrected chi connectivity index (χ3v) is 4.42. The molecule has 1 fully saturated rings. The van der Waals surface area contributed by atoms with E-state index >= 15 is 0 Å². The number of hydrogen-bond donors (Lipinski definition) is 1. The Hall–Kier alpha value is -1.33. The molecule has 0 radical (unpaired) electrons. The molecule has 1 aromatic rings. The van der Waals surface area contributed by atoms with Crippen LogP contribution in [-0.2, 0) is 6.54 Å². The predicted octanol–water partition coefficient (Wildman–Crippen LogP) is 2.41. The van der Waals surface area contributed by atoms with Crippen molar-refractivity contribution in [2.24, 2.45) is 0 Å². The molecule has 4 nitrogen and oxygen atoms in total. The van der Waals surface area contributed by atoms with E-state index in [4.69, 9.17) is 17.0 Å². The zero-order valence-corrected chi connectivity index (χ0v) is 14.7. The molecule has 0 aromatic heterocycles. The van der Waals surface area contributed by atoms with E-state index in [-0.39, 0.29) is 0 Å². The van der Waals surface area contributed by atoms with Crippen molar-refractivity contribution in [3.05, 3.63) is 29.3 Å². The molecule has 0 aliphatic carbocycles. The van der Waals surface area contributed by atoms with E-state index < -0.39 is 0 Å². The van der Waals surface area contributed by atoms with Crippen molar-refractivity contribution < 1.29 is 4.74 Å². The number of nitrogens with zero attached hydrogens (tertiary/aromatic N) is 2. The minimum Gasteiger partial charge on any atom is -0.496 e. The molecule has 1 heterocycles. The fourth-order valence-corrected chi connectivity index (χ4v) is 3.01. The quantitative estimate of drug-likeness (QED) is 0.841. The Labute approximate surface area is 139 Å². The summed E-state index contributed by atoms with van der Waals surface area (Å²) in [5.41, 5.74) is 2.54. The molecule has 5 heteroatoms. The zero-order chi connectivity index (χ0) is 15.9. The van der Waals surface area contributed by atoms with Gasteiger partial charge in [-0.3, -0.25) is 4.90 Å². The summed E-state index contributed by atoms with van der Waals surface area (Å²) >= 11 is 5.44. The molecule has 0 bridgehead atoms. The van der Waals surface area contributed by atoms with Gasteiger partial charge in [-0.2, -0.15) is 0 Å². The number of rotatable bonds is 5. The second-order valence-electron chi connectivity index (χ2n) is 5.81. The zero-order valence-electron chi connectivity index (χ0n) is 13.9. The molecule has 122 valence electrons. The van der Waals surface area contributed by atoms with Crippen molar-refractivity contribution in [2.75, 3.05) is 39.8 Å². The van der Waals surface area contributed by atoms with Gasteiger partial charge < -0.3 is 15.0 Å². The lowest BCUT2D eigenvalue weighted by atomic mass is 10.1. The van der Waals surface area contributed by atoms with Crippen LogP contribution in [0.15, 0.2) is 18.2 Å². The minimum atomic E-state index is 0.898. The largest absolute Gasteiger partial charge is 0.496 e. The van der Waals surface area contributed by atoms with Gasteiger partial charge in [0.1, 0.15) is 5.75 Å². The normalized spacial score (nSPS) is 15.7. The average molecular weight is 321 g/mol. The first-order chi connectivity index (χ1) is 10.6. The highest BCUT2D eigenvalue weighted by Crippen LogP contribution is 2.22. The van der Waals surface area contributed by atoms with Crippen LogP contribution < -0.4 is 10.1 Å². The highest BCUT2D eigenvalue weighted by atomic mass is 32.1. The van der Waals surface area contributed by atoms with Gasteiger partial charge in [0.05, 0.1) is 7.11 Å². The summed E-state index contributed by atoms with van der Waals surface area (Å²) in [6.45, 7) is 10.2. The fourth-order valence-electron chi connectivity index (χ4n) is 2.72. The highest BCUT2D eigenvalue weighted by Gasteiger charge is 2.19. The van der Waals surface area contributed by atoms with Crippen LogP contribution in [0.5, 0.6) is 5.75 Å². The Balaban J connectivity index is 1.87. The highest BCUT2D eigenvalue weighted by molar-refractivity contribution is 7.80. The van der Waals surface area contributed by atoms with Gasteiger partial charge in [-0.15, -0.1) is 0 Å². The molecule has 1 N–H and O–H groups in total. The van der Waals surface area contributed by atoms with E-state index in [9.17, 15) is 0 Å². The first-order valence-electron chi connectivity index (χ1n) is 8.02. The van der Waals surface area contributed by atoms with Crippen molar-refractivity contribution in [1.29, 1.82) is 0 Å². The lowest BCUT2D eigenvalue weighted by molar-refractivity contribution is 0.173. The average Bonchev–Trinajstić information content (AvgIpc) is 2.53. The van der Waals surface area contributed by atoms with Gasteiger partial charge in [0, 0.05) is 44.8 Å². The van der Waals surface area contributed by atoms with Crippen molar-refractivity contribution in [3.8, 4) is 5.75 Å². The van der Waals surface area contributed by atoms with Crippen LogP contribution in [0, 0.1) is 6.92 Å². The van der Waals surface area contributed by atoms with Crippen molar-refractivity contribution in [3.63, 3.8) is 0 Å². The van der Waals surface area contributed by atoms with Crippen LogP contribution in [-0.4, -0.2) is 54.7 Å². The molecule has 1 aliphatic rings. The van der Waals surface area contributed by atoms with Crippen LogP contribution in [0.3, 0.4) is 0 Å². The summed E-state index contributed by atoms with van der Waals surface area (Å²) in [5, 5.41) is 4.21. The van der Waals surface area contributed by atoms with E-state index in [2.05, 4.69) is 47.2 Å². The molecule has 0 amide bonds. The molecule has 1 aliphatic heterocycles. The van der Waals surface area contributed by atoms with E-state index in [1.54, 1.807) is 7.11 Å². The number of thiocarbonyl (C=S) groups is 1. The van der Waals surface area contributed by atoms with Gasteiger partial charge in [-0.25, -0.2) is 0 Å². The maximum Gasteiger partial charge on any atom is 0.169 e. The standard InChI is InChI=1S/C17H27N3OS/c1-4-7-18-17(22)20-10-8-19(9-11-20)13-15-12-14(2)5-6-16(15)21-3/h5-6,12H,4,7-11,13H2,1-3H3,(H,18,22). The van der Waals surface area contributed by atoms with E-state index in [0.717, 1.165) is 56.6 Å². The van der Waals surface area contributed by atoms with Gasteiger partial charge in [-0.05, 0) is 31.6 Å². The van der Waals surface area contributed by atoms with Crippen molar-refractivity contribution in [2.45, 2.75) is 26.8 Å². The molecule has 0 spiro atoms. The first-order valence-corrected chi connectivity index (χ1v) is 8.43. The summed E-state index contributed by atoms with van der Waals surface area (Å²) in [4.78, 5) is 4.74. The van der Waals surface area contributed by atoms with Gasteiger partial charge in [-0.1, -0.05) is 24.6 Å². The number of piperazine rings is 1. The number of methoxy groups -OCH3 is 1. The molecular formula is C17H27N3OS. The summed E-state index contributed by atoms with van der Waals surface area (Å²) in [5.74, 6) is 0.980. The number of hydrogen-bond acceptors (Lipinski definition) is 3. The van der Waals surface area contributed by atoms with E-state index in [1.807, 2.05) is 0 Å². The predicted molar refractivity (Wildman–Crippen MR) is 95.5 cm³/mol. The first kappa shape index (κ1) is 17.0. The van der Waals surface area contributed by atoms with E-state index in [1.165, 1.54) is 11.1 Å². The van der Waals surface area contributed by atoms with Crippen LogP contribution in [0.2, 0.25) is 0 Å². The molecule has 1 saturated heterocycles. The lowest BCUT2D eigenvalue weighted by Gasteiger charge is -2.36. The van der Waals surface area contributed by atoms with Crippen LogP contribution in [0.1, 0.15) is 24.5 Å². The van der Waals surface area contributed by atoms with Crippen LogP contribution >= 0.6 is 12.2 Å². The molecule has 0 atom stereocenters. The topological polar surface area (TPSA) is 27.7 Å². The minimum absolute atomic E-state index is 0.898. The second kappa shape index (κ2) is 8.34. The Morgan fingerprint density at radius 2 is 2.00 bits per heavy atom. The molecule has 0 unspecified atom stereocenters. The Morgan fingerprint density at radius 1 is 1.27 bits per heavy atom. The SMILES string of the molecule is CCCNC(=S)N1CCN(Cc2cc(C)ccc2OC)CC1. The second-order valence-corrected chi connectivity index (χ2v) is 6.20. The molecule has 1 aromatic carbocycles. The smallest absolute Gasteiger partial charge is 0.169 e. The monoisotopic (exact) mass is 321 g/mol. The Kier molecular flexibility index (Phi) is 6.46. The number of nitrogens with one attached hydrogen (secondary N) is 1. The number of ether oxygens (including phenoxy) is 1. The third-order valence-electron chi connectivity index (χ3n) is 4.02. The number of benzene rings is 1. The van der Waals surface area contributed by atoms with Gasteiger partial charge in [0.15, 0.2) is 5.11 Å². The maximum absolute atomic E-state index is 5.48. The molecule has 2 rings (SSSR count). The number of aryl methyl sites for hydroxylation is 1. The molecule has 0 saturated carbocycles. The van der Waals surface area contributed by atoms with Crippen molar-refractivity contribution >= 4 is 17.3 Å². The van der Waals surface area contributed by atoms with Gasteiger partial charge in [0.2, 0.25) is 0 Å². The lowest BCUT2D eigenvalue weighted by Crippen LogP contribution is -2.51. The summed E-state index contributed by atoms with van der Waals surface area (Å²) in [6.07, 6.45) is 1.10. The Bertz CT molecular complexity index is 499. The summed E-state index contributed by atoms with van der Waals surface area (Å²) < 4.78 is 5.48. The van der Waals surface area contributed by atoms with E-state index in [0.29, 0.717) is 0 Å². The maximum atomic E-state index is 5.48. The Morgan fingerprint density at radius 3 is 2.64 bits per heavy atom. The third kappa shape index (κ3) is 4.58. The molecule has 22 heavy (non-hydrogen) atoms. The fraction of sp³-hybridized carbons (Fsp3) is 0.588. The summed E-state index contributed by atoms with van der Waals surface area (Å²) in [7, 11) is 1.74. The summed E-state index contributed by atoms with van der Waals surface area (Å²) in [6, 6.07) is 6.38. The van der Waals surface area contributed by atoms with Gasteiger partial charge in [0.25, 0.3) is 0 Å².